The van der Waals surface area contributed by atoms with Crippen LogP contribution >= 0.6 is 0 Å². The fourth-order valence-corrected chi connectivity index (χ4v) is 3.80. The molecule has 0 spiro atoms. The van der Waals surface area contributed by atoms with Gasteiger partial charge in [-0.1, -0.05) is 25.1 Å². The minimum absolute atomic E-state index is 0.698. The maximum Gasteiger partial charge on any atom is 0.191 e. The summed E-state index contributed by atoms with van der Waals surface area (Å²) in [6, 6.07) is 10.5. The monoisotopic (exact) mass is 397 g/mol. The van der Waals surface area contributed by atoms with Gasteiger partial charge >= 0.3 is 0 Å². The smallest absolute Gasteiger partial charge is 0.191 e. The zero-order chi connectivity index (χ0) is 20.6. The van der Waals surface area contributed by atoms with Crippen LogP contribution in [0.3, 0.4) is 0 Å². The Bertz CT molecular complexity index is 803. The third kappa shape index (κ3) is 5.81. The van der Waals surface area contributed by atoms with Gasteiger partial charge in [0.1, 0.15) is 0 Å². The summed E-state index contributed by atoms with van der Waals surface area (Å²) in [6.45, 7) is 14.8. The number of nitrogens with one attached hydrogen (secondary N) is 2. The number of rotatable bonds is 7. The average molecular weight is 398 g/mol. The molecule has 2 aromatic rings. The highest BCUT2D eigenvalue weighted by Crippen LogP contribution is 2.16. The number of piperazine rings is 1. The molecule has 1 saturated heterocycles. The van der Waals surface area contributed by atoms with Crippen LogP contribution in [0.4, 0.5) is 0 Å². The minimum atomic E-state index is 0.698. The summed E-state index contributed by atoms with van der Waals surface area (Å²) < 4.78 is 2.01. The second-order valence-corrected chi connectivity index (χ2v) is 7.60. The van der Waals surface area contributed by atoms with Gasteiger partial charge in [-0.2, -0.15) is 5.10 Å². The molecule has 7 heteroatoms. The van der Waals surface area contributed by atoms with Crippen LogP contribution in [0.15, 0.2) is 35.3 Å². The van der Waals surface area contributed by atoms with Crippen LogP contribution in [0, 0.1) is 13.8 Å². The Hall–Kier alpha value is -2.38. The SMILES string of the molecule is CCN1CCN(CCNC(=NC)NCc2ccccc2-n2nc(C)cc2C)CC1. The number of aromatic nitrogens is 2. The van der Waals surface area contributed by atoms with Crippen LogP contribution in [-0.2, 0) is 6.54 Å². The van der Waals surface area contributed by atoms with E-state index >= 15 is 0 Å². The third-order valence-corrected chi connectivity index (χ3v) is 5.53. The number of likely N-dealkylation sites (N-methyl/N-ethyl adjacent to an activating group) is 1. The molecule has 158 valence electrons. The van der Waals surface area contributed by atoms with Crippen LogP contribution in [0.1, 0.15) is 23.9 Å². The van der Waals surface area contributed by atoms with E-state index in [0.29, 0.717) is 6.54 Å². The fraction of sp³-hybridized carbons (Fsp3) is 0.545. The lowest BCUT2D eigenvalue weighted by atomic mass is 10.1. The molecule has 1 aliphatic heterocycles. The van der Waals surface area contributed by atoms with Gasteiger partial charge in [-0.25, -0.2) is 4.68 Å². The van der Waals surface area contributed by atoms with Crippen molar-refractivity contribution >= 4 is 5.96 Å². The minimum Gasteiger partial charge on any atom is -0.355 e. The summed E-state index contributed by atoms with van der Waals surface area (Å²) >= 11 is 0. The zero-order valence-corrected chi connectivity index (χ0v) is 18.3. The van der Waals surface area contributed by atoms with E-state index < -0.39 is 0 Å². The standard InChI is InChI=1S/C22H35N7/c1-5-27-12-14-28(15-13-27)11-10-24-22(23-4)25-17-20-8-6-7-9-21(20)29-19(3)16-18(2)26-29/h6-9,16H,5,10-15,17H2,1-4H3,(H2,23,24,25). The van der Waals surface area contributed by atoms with Gasteiger partial charge in [0, 0.05) is 58.6 Å². The van der Waals surface area contributed by atoms with E-state index in [4.69, 9.17) is 0 Å². The van der Waals surface area contributed by atoms with E-state index in [-0.39, 0.29) is 0 Å². The molecule has 1 aromatic carbocycles. The first-order valence-corrected chi connectivity index (χ1v) is 10.6. The molecular weight excluding hydrogens is 362 g/mol. The fourth-order valence-electron chi connectivity index (χ4n) is 3.80. The van der Waals surface area contributed by atoms with Crippen LogP contribution in [0.2, 0.25) is 0 Å². The van der Waals surface area contributed by atoms with Gasteiger partial charge in [-0.3, -0.25) is 9.89 Å². The summed E-state index contributed by atoms with van der Waals surface area (Å²) in [6.07, 6.45) is 0. The van der Waals surface area contributed by atoms with E-state index in [2.05, 4.69) is 74.7 Å². The molecule has 0 bridgehead atoms. The van der Waals surface area contributed by atoms with Gasteiger partial charge in [0.25, 0.3) is 0 Å². The Balaban J connectivity index is 1.51. The maximum atomic E-state index is 4.64. The summed E-state index contributed by atoms with van der Waals surface area (Å²) in [5.74, 6) is 0.834. The lowest BCUT2D eigenvalue weighted by Crippen LogP contribution is -2.49. The van der Waals surface area contributed by atoms with Gasteiger partial charge in [-0.05, 0) is 38.1 Å². The molecule has 1 aromatic heterocycles. The molecule has 0 aliphatic carbocycles. The van der Waals surface area contributed by atoms with Crippen molar-refractivity contribution in [3.05, 3.63) is 47.3 Å². The van der Waals surface area contributed by atoms with Crippen molar-refractivity contribution in [1.82, 2.24) is 30.2 Å². The first-order valence-electron chi connectivity index (χ1n) is 10.6. The number of hydrogen-bond acceptors (Lipinski definition) is 4. The first-order chi connectivity index (χ1) is 14.1. The van der Waals surface area contributed by atoms with E-state index in [1.165, 1.54) is 18.7 Å². The van der Waals surface area contributed by atoms with Crippen LogP contribution < -0.4 is 10.6 Å². The molecule has 0 saturated carbocycles. The number of benzene rings is 1. The first kappa shape index (κ1) is 21.3. The quantitative estimate of drug-likeness (QED) is 0.551. The van der Waals surface area contributed by atoms with Crippen molar-refractivity contribution in [3.63, 3.8) is 0 Å². The van der Waals surface area contributed by atoms with Crippen molar-refractivity contribution in [1.29, 1.82) is 0 Å². The highest BCUT2D eigenvalue weighted by atomic mass is 15.3. The third-order valence-electron chi connectivity index (χ3n) is 5.53. The largest absolute Gasteiger partial charge is 0.355 e. The van der Waals surface area contributed by atoms with E-state index in [9.17, 15) is 0 Å². The van der Waals surface area contributed by atoms with Crippen molar-refractivity contribution in [3.8, 4) is 5.69 Å². The van der Waals surface area contributed by atoms with Gasteiger partial charge in [0.05, 0.1) is 11.4 Å². The molecular formula is C22H35N7. The molecule has 2 heterocycles. The number of guanidine groups is 1. The van der Waals surface area contributed by atoms with Gasteiger partial charge in [-0.15, -0.1) is 0 Å². The molecule has 0 radical (unpaired) electrons. The Morgan fingerprint density at radius 3 is 2.45 bits per heavy atom. The Labute approximate surface area is 174 Å². The highest BCUT2D eigenvalue weighted by Gasteiger charge is 2.15. The lowest BCUT2D eigenvalue weighted by molar-refractivity contribution is 0.139. The zero-order valence-electron chi connectivity index (χ0n) is 18.3. The molecule has 1 fully saturated rings. The predicted octanol–water partition coefficient (Wildman–Crippen LogP) is 1.79. The number of nitrogens with zero attached hydrogens (tertiary/aromatic N) is 5. The molecule has 7 nitrogen and oxygen atoms in total. The normalized spacial score (nSPS) is 16.2. The molecule has 1 aliphatic rings. The molecule has 0 atom stereocenters. The van der Waals surface area contributed by atoms with Crippen molar-refractivity contribution in [2.45, 2.75) is 27.3 Å². The van der Waals surface area contributed by atoms with Gasteiger partial charge < -0.3 is 15.5 Å². The van der Waals surface area contributed by atoms with E-state index in [1.54, 1.807) is 0 Å². The molecule has 2 N–H and O–H groups in total. The number of hydrogen-bond donors (Lipinski definition) is 2. The van der Waals surface area contributed by atoms with Gasteiger partial charge in [0.15, 0.2) is 5.96 Å². The second kappa shape index (κ2) is 10.4. The summed E-state index contributed by atoms with van der Waals surface area (Å²) in [7, 11) is 1.82. The molecule has 0 unspecified atom stereocenters. The highest BCUT2D eigenvalue weighted by molar-refractivity contribution is 5.79. The summed E-state index contributed by atoms with van der Waals surface area (Å²) in [5.41, 5.74) is 4.47. The maximum absolute atomic E-state index is 4.64. The lowest BCUT2D eigenvalue weighted by Gasteiger charge is -2.34. The van der Waals surface area contributed by atoms with Crippen LogP contribution in [0.25, 0.3) is 5.69 Å². The Kier molecular flexibility index (Phi) is 7.66. The van der Waals surface area contributed by atoms with E-state index in [1.807, 2.05) is 18.7 Å². The summed E-state index contributed by atoms with van der Waals surface area (Å²) in [4.78, 5) is 9.40. The van der Waals surface area contributed by atoms with Crippen molar-refractivity contribution in [2.24, 2.45) is 4.99 Å². The average Bonchev–Trinajstić information content (AvgIpc) is 3.09. The number of aryl methyl sites for hydroxylation is 2. The van der Waals surface area contributed by atoms with Crippen molar-refractivity contribution in [2.75, 3.05) is 52.9 Å². The Morgan fingerprint density at radius 2 is 1.79 bits per heavy atom. The number of aliphatic imine (C=N–C) groups is 1. The summed E-state index contributed by atoms with van der Waals surface area (Å²) in [5, 5.41) is 11.5. The van der Waals surface area contributed by atoms with Crippen LogP contribution in [-0.4, -0.2) is 78.4 Å². The molecule has 3 rings (SSSR count). The Morgan fingerprint density at radius 1 is 1.07 bits per heavy atom. The molecule has 29 heavy (non-hydrogen) atoms. The van der Waals surface area contributed by atoms with Gasteiger partial charge in [0.2, 0.25) is 0 Å². The topological polar surface area (TPSA) is 60.7 Å². The number of para-hydroxylation sites is 1. The molecule has 0 amide bonds. The van der Waals surface area contributed by atoms with E-state index in [0.717, 1.165) is 55.8 Å². The van der Waals surface area contributed by atoms with Crippen LogP contribution in [0.5, 0.6) is 0 Å². The predicted molar refractivity (Wildman–Crippen MR) is 120 cm³/mol. The second-order valence-electron chi connectivity index (χ2n) is 7.60. The van der Waals surface area contributed by atoms with Crippen molar-refractivity contribution < 1.29 is 0 Å².